The maximum absolute atomic E-state index is 12.3. The van der Waals surface area contributed by atoms with E-state index in [-0.39, 0.29) is 24.0 Å². The molecule has 1 amide bonds. The van der Waals surface area contributed by atoms with Crippen LogP contribution in [-0.2, 0) is 33.4 Å². The van der Waals surface area contributed by atoms with Gasteiger partial charge in [0.25, 0.3) is 5.91 Å². The predicted molar refractivity (Wildman–Crippen MR) is 102 cm³/mol. The van der Waals surface area contributed by atoms with Crippen molar-refractivity contribution in [1.29, 1.82) is 0 Å². The van der Waals surface area contributed by atoms with Crippen molar-refractivity contribution in [2.75, 3.05) is 25.6 Å². The number of Topliss-reactive ketones (excluding diaryl/α,β-unsaturated/α-hetero) is 1. The van der Waals surface area contributed by atoms with Crippen LogP contribution in [0.1, 0.15) is 20.3 Å². The maximum Gasteiger partial charge on any atom is 0.347 e. The zero-order valence-corrected chi connectivity index (χ0v) is 16.5. The van der Waals surface area contributed by atoms with Crippen LogP contribution < -0.4 is 10.6 Å². The number of nitrogens with one attached hydrogen (secondary N) is 2. The highest BCUT2D eigenvalue weighted by molar-refractivity contribution is 6.20. The summed E-state index contributed by atoms with van der Waals surface area (Å²) >= 11 is 0. The number of carbonyl (C=O) groups is 4. The molecule has 0 unspecified atom stereocenters. The first kappa shape index (κ1) is 21.9. The molecule has 29 heavy (non-hydrogen) atoms. The monoisotopic (exact) mass is 404 g/mol. The number of ketones is 1. The summed E-state index contributed by atoms with van der Waals surface area (Å²) in [5.74, 6) is -3.01. The lowest BCUT2D eigenvalue weighted by Crippen LogP contribution is -2.47. The number of hydrogen-bond donors (Lipinski definition) is 2. The van der Waals surface area contributed by atoms with Crippen LogP contribution in [0.3, 0.4) is 0 Å². The molecule has 1 aliphatic rings. The summed E-state index contributed by atoms with van der Waals surface area (Å²) in [5.41, 5.74) is 0.322. The number of rotatable bonds is 9. The second-order valence-electron chi connectivity index (χ2n) is 6.44. The first-order chi connectivity index (χ1) is 13.9. The molecule has 0 bridgehead atoms. The van der Waals surface area contributed by atoms with Gasteiger partial charge in [0.2, 0.25) is 11.7 Å². The number of benzene rings is 1. The van der Waals surface area contributed by atoms with E-state index in [1.54, 1.807) is 31.2 Å². The Morgan fingerprint density at radius 2 is 1.90 bits per heavy atom. The Labute approximate surface area is 168 Å². The van der Waals surface area contributed by atoms with E-state index in [1.165, 1.54) is 7.11 Å². The van der Waals surface area contributed by atoms with Crippen LogP contribution in [0.4, 0.5) is 5.69 Å². The quantitative estimate of drug-likeness (QED) is 0.465. The Bertz CT molecular complexity index is 804. The van der Waals surface area contributed by atoms with Gasteiger partial charge in [0.15, 0.2) is 18.8 Å². The Kier molecular flexibility index (Phi) is 7.76. The minimum Gasteiger partial charge on any atom is -0.470 e. The van der Waals surface area contributed by atoms with Gasteiger partial charge in [0.1, 0.15) is 6.04 Å². The Hall–Kier alpha value is -3.36. The summed E-state index contributed by atoms with van der Waals surface area (Å²) in [6.45, 7) is 2.70. The largest absolute Gasteiger partial charge is 0.470 e. The summed E-state index contributed by atoms with van der Waals surface area (Å²) in [5, 5.41) is 5.33. The molecule has 9 nitrogen and oxygen atoms in total. The lowest BCUT2D eigenvalue weighted by Gasteiger charge is -2.21. The molecule has 1 aliphatic heterocycles. The lowest BCUT2D eigenvalue weighted by molar-refractivity contribution is -0.149. The molecule has 0 aromatic heterocycles. The molecule has 0 saturated heterocycles. The van der Waals surface area contributed by atoms with E-state index in [1.807, 2.05) is 13.0 Å². The van der Waals surface area contributed by atoms with Crippen molar-refractivity contribution in [1.82, 2.24) is 5.32 Å². The Morgan fingerprint density at radius 3 is 2.52 bits per heavy atom. The van der Waals surface area contributed by atoms with Gasteiger partial charge >= 0.3 is 11.9 Å². The third-order valence-corrected chi connectivity index (χ3v) is 4.41. The third kappa shape index (κ3) is 5.81. The number of methoxy groups -OCH3 is 1. The molecule has 0 aliphatic carbocycles. The van der Waals surface area contributed by atoms with E-state index >= 15 is 0 Å². The van der Waals surface area contributed by atoms with E-state index in [9.17, 15) is 19.2 Å². The molecule has 2 rings (SSSR count). The average Bonchev–Trinajstić information content (AvgIpc) is 3.09. The van der Waals surface area contributed by atoms with Gasteiger partial charge in [-0.1, -0.05) is 38.5 Å². The zero-order chi connectivity index (χ0) is 21.4. The molecule has 1 heterocycles. The molecule has 1 aromatic rings. The van der Waals surface area contributed by atoms with Gasteiger partial charge in [-0.05, 0) is 18.1 Å². The minimum absolute atomic E-state index is 0.0290. The fraction of sp³-hybridized carbons (Fsp3) is 0.400. The zero-order valence-electron chi connectivity index (χ0n) is 16.5. The molecule has 2 atom stereocenters. The first-order valence-corrected chi connectivity index (χ1v) is 9.14. The van der Waals surface area contributed by atoms with Crippen molar-refractivity contribution in [2.24, 2.45) is 5.92 Å². The van der Waals surface area contributed by atoms with E-state index in [0.29, 0.717) is 12.1 Å². The SMILES string of the molecule is CC[C@@H](C)[C@H](NC(=O)COC(=O)C1=C(Nc2ccccc2)OCC1=O)C(=O)OC. The average molecular weight is 404 g/mol. The maximum atomic E-state index is 12.3. The van der Waals surface area contributed by atoms with Crippen LogP contribution in [0.25, 0.3) is 0 Å². The van der Waals surface area contributed by atoms with Crippen molar-refractivity contribution >= 4 is 29.3 Å². The molecule has 156 valence electrons. The van der Waals surface area contributed by atoms with Crippen LogP contribution >= 0.6 is 0 Å². The summed E-state index contributed by atoms with van der Waals surface area (Å²) in [6, 6.07) is 7.97. The number of para-hydroxylation sites is 1. The molecule has 1 aromatic carbocycles. The molecular weight excluding hydrogens is 380 g/mol. The molecule has 0 radical (unpaired) electrons. The highest BCUT2D eigenvalue weighted by Gasteiger charge is 2.33. The highest BCUT2D eigenvalue weighted by atomic mass is 16.5. The van der Waals surface area contributed by atoms with Crippen molar-refractivity contribution < 1.29 is 33.4 Å². The van der Waals surface area contributed by atoms with Crippen LogP contribution in [0.2, 0.25) is 0 Å². The number of esters is 2. The van der Waals surface area contributed by atoms with E-state index < -0.39 is 36.3 Å². The smallest absolute Gasteiger partial charge is 0.347 e. The summed E-state index contributed by atoms with van der Waals surface area (Å²) in [7, 11) is 1.23. The van der Waals surface area contributed by atoms with E-state index in [2.05, 4.69) is 15.4 Å². The van der Waals surface area contributed by atoms with Gasteiger partial charge in [-0.2, -0.15) is 0 Å². The first-order valence-electron chi connectivity index (χ1n) is 9.14. The van der Waals surface area contributed by atoms with Crippen molar-refractivity contribution in [2.45, 2.75) is 26.3 Å². The van der Waals surface area contributed by atoms with Crippen LogP contribution in [0.5, 0.6) is 0 Å². The second kappa shape index (κ2) is 10.3. The summed E-state index contributed by atoms with van der Waals surface area (Å²) in [4.78, 5) is 48.3. The molecule has 0 fully saturated rings. The van der Waals surface area contributed by atoms with Gasteiger partial charge in [0, 0.05) is 5.69 Å². The van der Waals surface area contributed by atoms with Gasteiger partial charge in [0.05, 0.1) is 7.11 Å². The van der Waals surface area contributed by atoms with Crippen LogP contribution in [-0.4, -0.2) is 50.0 Å². The van der Waals surface area contributed by atoms with Gasteiger partial charge < -0.3 is 24.8 Å². The van der Waals surface area contributed by atoms with E-state index in [0.717, 1.165) is 0 Å². The molecule has 0 spiro atoms. The van der Waals surface area contributed by atoms with E-state index in [4.69, 9.17) is 9.47 Å². The molecule has 2 N–H and O–H groups in total. The Morgan fingerprint density at radius 1 is 1.21 bits per heavy atom. The van der Waals surface area contributed by atoms with Gasteiger partial charge in [-0.15, -0.1) is 0 Å². The van der Waals surface area contributed by atoms with Crippen molar-refractivity contribution in [3.63, 3.8) is 0 Å². The topological polar surface area (TPSA) is 120 Å². The number of ether oxygens (including phenoxy) is 3. The summed E-state index contributed by atoms with van der Waals surface area (Å²) in [6.07, 6.45) is 0.632. The lowest BCUT2D eigenvalue weighted by atomic mass is 9.99. The number of carbonyl (C=O) groups excluding carboxylic acids is 4. The second-order valence-corrected chi connectivity index (χ2v) is 6.44. The fourth-order valence-electron chi connectivity index (χ4n) is 2.58. The third-order valence-electron chi connectivity index (χ3n) is 4.41. The minimum atomic E-state index is -0.987. The molecule has 0 saturated carbocycles. The Balaban J connectivity index is 2.00. The fourth-order valence-corrected chi connectivity index (χ4v) is 2.58. The van der Waals surface area contributed by atoms with Crippen molar-refractivity contribution in [3.05, 3.63) is 41.8 Å². The van der Waals surface area contributed by atoms with Crippen LogP contribution in [0, 0.1) is 5.92 Å². The molecular formula is C20H24N2O7. The number of amides is 1. The molecule has 9 heteroatoms. The summed E-state index contributed by atoms with van der Waals surface area (Å²) < 4.78 is 14.9. The van der Waals surface area contributed by atoms with Gasteiger partial charge in [-0.25, -0.2) is 9.59 Å². The number of hydrogen-bond acceptors (Lipinski definition) is 8. The normalized spacial score (nSPS) is 15.2. The standard InChI is InChI=1S/C20H24N2O7/c1-4-12(2)17(20(26)27-3)22-15(24)11-29-19(25)16-14(23)10-28-18(16)21-13-8-6-5-7-9-13/h5-9,12,17,21H,4,10-11H2,1-3H3,(H,22,24)/t12-,17+/m1/s1. The van der Waals surface area contributed by atoms with Gasteiger partial charge in [-0.3, -0.25) is 9.59 Å². The van der Waals surface area contributed by atoms with Crippen LogP contribution in [0.15, 0.2) is 41.8 Å². The number of anilines is 1. The highest BCUT2D eigenvalue weighted by Crippen LogP contribution is 2.20. The predicted octanol–water partition coefficient (Wildman–Crippen LogP) is 1.16. The van der Waals surface area contributed by atoms with Crippen molar-refractivity contribution in [3.8, 4) is 0 Å².